The van der Waals surface area contributed by atoms with Crippen LogP contribution in [-0.2, 0) is 13.6 Å². The van der Waals surface area contributed by atoms with E-state index in [0.29, 0.717) is 13.2 Å². The molecule has 0 heterocycles. The smallest absolute Gasteiger partial charge is 0.119 e. The molecule has 11 heavy (non-hydrogen) atoms. The maximum absolute atomic E-state index is 10.3. The molecule has 0 spiro atoms. The van der Waals surface area contributed by atoms with Gasteiger partial charge in [-0.15, -0.1) is 32.2 Å². The van der Waals surface area contributed by atoms with E-state index in [9.17, 15) is 4.57 Å². The van der Waals surface area contributed by atoms with Crippen LogP contribution in [0.1, 0.15) is 13.8 Å². The van der Waals surface area contributed by atoms with Gasteiger partial charge in [-0.25, -0.2) is 0 Å². The summed E-state index contributed by atoms with van der Waals surface area (Å²) in [4.78, 5) is 0. The Labute approximate surface area is 77.9 Å². The lowest BCUT2D eigenvalue weighted by molar-refractivity contribution is 0.243. The Kier molecular flexibility index (Phi) is 17.0. The summed E-state index contributed by atoms with van der Waals surface area (Å²) in [5.41, 5.74) is 0. The van der Waals surface area contributed by atoms with Gasteiger partial charge in [0.15, 0.2) is 0 Å². The highest BCUT2D eigenvalue weighted by molar-refractivity contribution is 7.33. The van der Waals surface area contributed by atoms with E-state index < -0.39 is 8.25 Å². The molecule has 0 aromatic carbocycles. The number of hydrogen-bond donors (Lipinski definition) is 0. The van der Waals surface area contributed by atoms with Gasteiger partial charge in [-0.3, -0.25) is 0 Å². The van der Waals surface area contributed by atoms with Crippen LogP contribution in [0.4, 0.5) is 0 Å². The summed E-state index contributed by atoms with van der Waals surface area (Å²) in [7, 11) is -1.83. The fraction of sp³-hybridized carbons (Fsp3) is 1.00. The van der Waals surface area contributed by atoms with Gasteiger partial charge in [-0.1, -0.05) is 0 Å². The minimum Gasteiger partial charge on any atom is -0.119 e. The fourth-order valence-corrected chi connectivity index (χ4v) is 0.744. The molecule has 0 radical (unpaired) electrons. The van der Waals surface area contributed by atoms with E-state index in [-0.39, 0.29) is 5.34 Å². The Morgan fingerprint density at radius 2 is 1.45 bits per heavy atom. The fourth-order valence-electron chi connectivity index (χ4n) is 0.248. The Morgan fingerprint density at radius 1 is 1.18 bits per heavy atom. The van der Waals surface area contributed by atoms with Crippen molar-refractivity contribution < 1.29 is 13.6 Å². The average molecular weight is 222 g/mol. The Bertz CT molecular complexity index is 83.8. The molecule has 0 aliphatic heterocycles. The van der Waals surface area contributed by atoms with Gasteiger partial charge in [0.05, 0.1) is 5.34 Å². The lowest BCUT2D eigenvalue weighted by Gasteiger charge is -1.78. The highest BCUT2D eigenvalue weighted by Crippen LogP contribution is 2.21. The third kappa shape index (κ3) is 18.0. The van der Waals surface area contributed by atoms with Crippen molar-refractivity contribution in [1.29, 1.82) is 0 Å². The topological polar surface area (TPSA) is 35.5 Å². The molecule has 0 aromatic heterocycles. The van der Waals surface area contributed by atoms with Crippen LogP contribution in [-0.4, -0.2) is 18.6 Å². The van der Waals surface area contributed by atoms with Crippen LogP contribution in [0.3, 0.4) is 0 Å². The van der Waals surface area contributed by atoms with E-state index in [0.717, 1.165) is 0 Å². The average Bonchev–Trinajstić information content (AvgIpc) is 1.90. The van der Waals surface area contributed by atoms with Crippen molar-refractivity contribution in [2.75, 3.05) is 18.6 Å². The van der Waals surface area contributed by atoms with Gasteiger partial charge in [0, 0.05) is 4.57 Å². The molecule has 0 saturated carbocycles. The Morgan fingerprint density at radius 3 is 1.64 bits per heavy atom. The van der Waals surface area contributed by atoms with Gasteiger partial charge in [0.2, 0.25) is 0 Å². The molecule has 0 aliphatic carbocycles. The van der Waals surface area contributed by atoms with Crippen molar-refractivity contribution in [2.45, 2.75) is 13.8 Å². The second-order valence-corrected chi connectivity index (χ2v) is 2.93. The highest BCUT2D eigenvalue weighted by atomic mass is 35.5. The van der Waals surface area contributed by atoms with E-state index >= 15 is 0 Å². The maximum Gasteiger partial charge on any atom is 0.697 e. The third-order valence-corrected chi connectivity index (χ3v) is 1.41. The maximum atomic E-state index is 10.3. The molecule has 6 heteroatoms. The van der Waals surface area contributed by atoms with E-state index in [1.807, 2.05) is 0 Å². The first kappa shape index (κ1) is 14.1. The minimum absolute atomic E-state index is 0.194. The summed E-state index contributed by atoms with van der Waals surface area (Å²) in [6, 6.07) is 0. The van der Waals surface area contributed by atoms with E-state index in [1.54, 1.807) is 13.8 Å². The molecule has 3 nitrogen and oxygen atoms in total. The molecule has 0 N–H and O–H groups in total. The minimum atomic E-state index is -1.83. The molecule has 0 atom stereocenters. The van der Waals surface area contributed by atoms with Crippen LogP contribution < -0.4 is 0 Å². The summed E-state index contributed by atoms with van der Waals surface area (Å²) in [6.45, 7) is 4.42. The van der Waals surface area contributed by atoms with Crippen LogP contribution in [0.15, 0.2) is 0 Å². The second kappa shape index (κ2) is 13.2. The normalized spacial score (nSPS) is 8.36. The molecule has 0 rings (SSSR count). The molecule has 0 fully saturated rings. The van der Waals surface area contributed by atoms with Gasteiger partial charge in [0.1, 0.15) is 13.2 Å². The van der Waals surface area contributed by atoms with Gasteiger partial charge in [0.25, 0.3) is 0 Å². The molecule has 68 valence electrons. The first-order valence-electron chi connectivity index (χ1n) is 3.07. The van der Waals surface area contributed by atoms with E-state index in [4.69, 9.17) is 23.2 Å². The van der Waals surface area contributed by atoms with E-state index in [1.165, 1.54) is 0 Å². The summed E-state index contributed by atoms with van der Waals surface area (Å²) in [5, 5.41) is 0.194. The van der Waals surface area contributed by atoms with Gasteiger partial charge in [-0.2, -0.15) is 0 Å². The van der Waals surface area contributed by atoms with Crippen molar-refractivity contribution in [3.05, 3.63) is 0 Å². The standard InChI is InChI=1S/C4H10O3P.CH2Cl2/c1-3-6-8(5)7-4-2;2-1-3/h3-4H2,1-2H3;1H2/q+1;. The summed E-state index contributed by atoms with van der Waals surface area (Å²) in [6.07, 6.45) is 0. The zero-order valence-corrected chi connectivity index (χ0v) is 8.96. The predicted molar refractivity (Wildman–Crippen MR) is 47.4 cm³/mol. The Hall–Kier alpha value is 0.600. The molecule has 0 amide bonds. The molecule has 0 aliphatic rings. The van der Waals surface area contributed by atoms with Crippen molar-refractivity contribution in [1.82, 2.24) is 0 Å². The summed E-state index contributed by atoms with van der Waals surface area (Å²) >= 11 is 9.53. The molecule has 0 aromatic rings. The lowest BCUT2D eigenvalue weighted by Crippen LogP contribution is -1.81. The van der Waals surface area contributed by atoms with Crippen molar-refractivity contribution in [3.63, 3.8) is 0 Å². The summed E-state index contributed by atoms with van der Waals surface area (Å²) < 4.78 is 19.5. The van der Waals surface area contributed by atoms with Gasteiger partial charge < -0.3 is 0 Å². The van der Waals surface area contributed by atoms with Gasteiger partial charge in [-0.05, 0) is 13.8 Å². The van der Waals surface area contributed by atoms with Crippen LogP contribution in [0.25, 0.3) is 0 Å². The second-order valence-electron chi connectivity index (χ2n) is 1.16. The first-order valence-corrected chi connectivity index (χ1v) is 5.24. The lowest BCUT2D eigenvalue weighted by atomic mass is 10.9. The van der Waals surface area contributed by atoms with Gasteiger partial charge >= 0.3 is 8.25 Å². The van der Waals surface area contributed by atoms with Crippen LogP contribution in [0.2, 0.25) is 0 Å². The quantitative estimate of drug-likeness (QED) is 0.541. The number of alkyl halides is 2. The number of rotatable bonds is 4. The molecular weight excluding hydrogens is 210 g/mol. The molecule has 0 unspecified atom stereocenters. The van der Waals surface area contributed by atoms with Crippen molar-refractivity contribution in [3.8, 4) is 0 Å². The van der Waals surface area contributed by atoms with E-state index in [2.05, 4.69) is 9.05 Å². The summed E-state index contributed by atoms with van der Waals surface area (Å²) in [5.74, 6) is 0. The SMILES string of the molecule is CCO[P+](=O)OCC.ClCCl. The first-order chi connectivity index (χ1) is 5.22. The van der Waals surface area contributed by atoms with Crippen molar-refractivity contribution in [2.24, 2.45) is 0 Å². The number of hydrogen-bond acceptors (Lipinski definition) is 3. The predicted octanol–water partition coefficient (Wildman–Crippen LogP) is 3.14. The largest absolute Gasteiger partial charge is 0.697 e. The van der Waals surface area contributed by atoms with Crippen LogP contribution >= 0.6 is 31.5 Å². The number of halogens is 2. The highest BCUT2D eigenvalue weighted by Gasteiger charge is 2.15. The molecular formula is C5H12Cl2O3P+. The zero-order valence-electron chi connectivity index (χ0n) is 6.55. The molecule has 0 saturated heterocycles. The Balaban J connectivity index is 0. The zero-order chi connectivity index (χ0) is 9.11. The molecule has 0 bridgehead atoms. The van der Waals surface area contributed by atoms with Crippen LogP contribution in [0, 0.1) is 0 Å². The monoisotopic (exact) mass is 221 g/mol. The van der Waals surface area contributed by atoms with Crippen LogP contribution in [0.5, 0.6) is 0 Å². The van der Waals surface area contributed by atoms with Crippen molar-refractivity contribution >= 4 is 31.5 Å². The third-order valence-electron chi connectivity index (χ3n) is 0.469.